The molecule has 0 spiro atoms. The third kappa shape index (κ3) is 2.91. The largest absolute Gasteiger partial charge is 0.461 e. The molecule has 2 aromatic rings. The average molecular weight is 285 g/mol. The van der Waals surface area contributed by atoms with Crippen molar-refractivity contribution < 1.29 is 9.21 Å². The summed E-state index contributed by atoms with van der Waals surface area (Å²) in [6.45, 7) is 6.04. The summed E-state index contributed by atoms with van der Waals surface area (Å²) in [4.78, 5) is 11.9. The maximum absolute atomic E-state index is 11.9. The van der Waals surface area contributed by atoms with Crippen molar-refractivity contribution in [3.05, 3.63) is 41.0 Å². The molecule has 3 rings (SSSR count). The first-order valence-electron chi connectivity index (χ1n) is 7.15. The molecule has 0 bridgehead atoms. The van der Waals surface area contributed by atoms with E-state index in [1.165, 1.54) is 12.5 Å². The number of carbonyl (C=O) groups excluding carboxylic acids is 1. The number of amides is 1. The van der Waals surface area contributed by atoms with E-state index >= 15 is 0 Å². The van der Waals surface area contributed by atoms with Crippen LogP contribution in [0.5, 0.6) is 0 Å². The molecule has 1 saturated carbocycles. The van der Waals surface area contributed by atoms with Gasteiger partial charge in [0.1, 0.15) is 11.5 Å². The Balaban J connectivity index is 1.61. The summed E-state index contributed by atoms with van der Waals surface area (Å²) in [5.74, 6) is 3.32. The smallest absolute Gasteiger partial charge is 0.249 e. The van der Waals surface area contributed by atoms with Crippen LogP contribution in [0.15, 0.2) is 22.6 Å². The predicted octanol–water partition coefficient (Wildman–Crippen LogP) is 3.39. The zero-order chi connectivity index (χ0) is 15.0. The molecule has 5 heteroatoms. The van der Waals surface area contributed by atoms with Gasteiger partial charge in [-0.05, 0) is 44.4 Å². The number of H-pyrrole nitrogens is 1. The molecular formula is C16H19N3O2. The normalized spacial score (nSPS) is 20.9. The van der Waals surface area contributed by atoms with Crippen molar-refractivity contribution in [1.82, 2.24) is 10.2 Å². The van der Waals surface area contributed by atoms with E-state index in [1.807, 2.05) is 26.0 Å². The first-order valence-corrected chi connectivity index (χ1v) is 7.15. The lowest BCUT2D eigenvalue weighted by molar-refractivity contribution is -0.111. The molecule has 2 unspecified atom stereocenters. The van der Waals surface area contributed by atoms with E-state index in [2.05, 4.69) is 22.4 Å². The summed E-state index contributed by atoms with van der Waals surface area (Å²) in [5.41, 5.74) is 1.89. The summed E-state index contributed by atoms with van der Waals surface area (Å²) in [6, 6.07) is 3.89. The number of furan rings is 1. The zero-order valence-electron chi connectivity index (χ0n) is 12.4. The van der Waals surface area contributed by atoms with Crippen molar-refractivity contribution in [3.63, 3.8) is 0 Å². The topological polar surface area (TPSA) is 70.9 Å². The van der Waals surface area contributed by atoms with Gasteiger partial charge in [-0.15, -0.1) is 0 Å². The van der Waals surface area contributed by atoms with Crippen LogP contribution >= 0.6 is 0 Å². The van der Waals surface area contributed by atoms with Crippen LogP contribution in [0.25, 0.3) is 6.08 Å². The molecule has 21 heavy (non-hydrogen) atoms. The number of aryl methyl sites for hydroxylation is 1. The van der Waals surface area contributed by atoms with Gasteiger partial charge >= 0.3 is 0 Å². The van der Waals surface area contributed by atoms with E-state index in [-0.39, 0.29) is 5.91 Å². The van der Waals surface area contributed by atoms with Gasteiger partial charge in [-0.25, -0.2) is 0 Å². The van der Waals surface area contributed by atoms with Crippen molar-refractivity contribution in [1.29, 1.82) is 0 Å². The molecule has 0 saturated heterocycles. The summed E-state index contributed by atoms with van der Waals surface area (Å²) in [5, 5.41) is 9.62. The SMILES string of the molecule is Cc1[nH]nc(NC(=O)/C=C/c2ccc(C3CC3C)o2)c1C. The highest BCUT2D eigenvalue weighted by molar-refractivity contribution is 6.01. The van der Waals surface area contributed by atoms with Crippen LogP contribution in [-0.2, 0) is 4.79 Å². The minimum Gasteiger partial charge on any atom is -0.461 e. The average Bonchev–Trinajstić information content (AvgIpc) is 2.88. The van der Waals surface area contributed by atoms with Crippen LogP contribution in [0, 0.1) is 19.8 Å². The Kier molecular flexibility index (Phi) is 3.41. The third-order valence-electron chi connectivity index (χ3n) is 4.02. The van der Waals surface area contributed by atoms with Gasteiger partial charge < -0.3 is 9.73 Å². The Hall–Kier alpha value is -2.30. The van der Waals surface area contributed by atoms with Crippen LogP contribution in [-0.4, -0.2) is 16.1 Å². The first kappa shape index (κ1) is 13.7. The minimum absolute atomic E-state index is 0.220. The Bertz CT molecular complexity index is 696. The van der Waals surface area contributed by atoms with Crippen molar-refractivity contribution in [2.75, 3.05) is 5.32 Å². The number of hydrogen-bond acceptors (Lipinski definition) is 3. The van der Waals surface area contributed by atoms with E-state index in [4.69, 9.17) is 4.42 Å². The molecule has 110 valence electrons. The lowest BCUT2D eigenvalue weighted by Gasteiger charge is -1.98. The van der Waals surface area contributed by atoms with Gasteiger partial charge in [0.25, 0.3) is 0 Å². The molecule has 2 N–H and O–H groups in total. The fourth-order valence-corrected chi connectivity index (χ4v) is 2.30. The molecule has 2 atom stereocenters. The van der Waals surface area contributed by atoms with E-state index in [0.717, 1.165) is 17.0 Å². The number of rotatable bonds is 4. The highest BCUT2D eigenvalue weighted by atomic mass is 16.3. The molecule has 2 heterocycles. The molecule has 0 radical (unpaired) electrons. The molecule has 0 aromatic carbocycles. The maximum atomic E-state index is 11.9. The maximum Gasteiger partial charge on any atom is 0.249 e. The number of hydrogen-bond donors (Lipinski definition) is 2. The fourth-order valence-electron chi connectivity index (χ4n) is 2.30. The van der Waals surface area contributed by atoms with Gasteiger partial charge in [0, 0.05) is 23.3 Å². The Labute approximate surface area is 123 Å². The van der Waals surface area contributed by atoms with Crippen molar-refractivity contribution >= 4 is 17.8 Å². The Morgan fingerprint density at radius 3 is 2.86 bits per heavy atom. The van der Waals surface area contributed by atoms with Crippen LogP contribution in [0.1, 0.15) is 42.0 Å². The highest BCUT2D eigenvalue weighted by Gasteiger charge is 2.36. The second-order valence-electron chi connectivity index (χ2n) is 5.70. The summed E-state index contributed by atoms with van der Waals surface area (Å²) in [6.07, 6.45) is 4.33. The van der Waals surface area contributed by atoms with E-state index < -0.39 is 0 Å². The van der Waals surface area contributed by atoms with E-state index in [1.54, 1.807) is 6.08 Å². The zero-order valence-corrected chi connectivity index (χ0v) is 12.4. The molecule has 2 aromatic heterocycles. The lowest BCUT2D eigenvalue weighted by Crippen LogP contribution is -2.09. The minimum atomic E-state index is -0.220. The summed E-state index contributed by atoms with van der Waals surface area (Å²) < 4.78 is 5.72. The van der Waals surface area contributed by atoms with Gasteiger partial charge in [-0.2, -0.15) is 5.10 Å². The second-order valence-corrected chi connectivity index (χ2v) is 5.70. The van der Waals surface area contributed by atoms with Crippen LogP contribution in [0.2, 0.25) is 0 Å². The number of nitrogens with zero attached hydrogens (tertiary/aromatic N) is 1. The van der Waals surface area contributed by atoms with Crippen molar-refractivity contribution in [2.24, 2.45) is 5.92 Å². The number of carbonyl (C=O) groups is 1. The standard InChI is InChI=1S/C16H19N3O2/c1-9-8-13(9)14-6-4-12(21-14)5-7-15(20)17-16-10(2)11(3)18-19-16/h4-7,9,13H,8H2,1-3H3,(H2,17,18,19,20)/b7-5+. The van der Waals surface area contributed by atoms with E-state index in [9.17, 15) is 4.79 Å². The third-order valence-corrected chi connectivity index (χ3v) is 4.02. The van der Waals surface area contributed by atoms with Crippen molar-refractivity contribution in [2.45, 2.75) is 33.1 Å². The molecule has 5 nitrogen and oxygen atoms in total. The summed E-state index contributed by atoms with van der Waals surface area (Å²) in [7, 11) is 0. The predicted molar refractivity (Wildman–Crippen MR) is 81.0 cm³/mol. The van der Waals surface area contributed by atoms with Gasteiger partial charge in [-0.3, -0.25) is 9.89 Å². The second kappa shape index (κ2) is 5.24. The molecule has 1 fully saturated rings. The molecule has 1 aliphatic rings. The molecule has 1 aliphatic carbocycles. The first-order chi connectivity index (χ1) is 10.0. The molecule has 0 aliphatic heterocycles. The van der Waals surface area contributed by atoms with Gasteiger partial charge in [0.2, 0.25) is 5.91 Å². The van der Waals surface area contributed by atoms with Gasteiger partial charge in [0.15, 0.2) is 5.82 Å². The quantitative estimate of drug-likeness (QED) is 0.846. The monoisotopic (exact) mass is 285 g/mol. The molecule has 1 amide bonds. The van der Waals surface area contributed by atoms with Gasteiger partial charge in [0.05, 0.1) is 0 Å². The number of anilines is 1. The highest BCUT2D eigenvalue weighted by Crippen LogP contribution is 2.47. The van der Waals surface area contributed by atoms with Crippen molar-refractivity contribution in [3.8, 4) is 0 Å². The van der Waals surface area contributed by atoms with Crippen LogP contribution in [0.4, 0.5) is 5.82 Å². The number of aromatic nitrogens is 2. The molecular weight excluding hydrogens is 266 g/mol. The number of nitrogens with one attached hydrogen (secondary N) is 2. The van der Waals surface area contributed by atoms with Crippen LogP contribution < -0.4 is 5.32 Å². The van der Waals surface area contributed by atoms with Gasteiger partial charge in [-0.1, -0.05) is 6.92 Å². The van der Waals surface area contributed by atoms with Crippen LogP contribution in [0.3, 0.4) is 0 Å². The Morgan fingerprint density at radius 2 is 2.24 bits per heavy atom. The summed E-state index contributed by atoms with van der Waals surface area (Å²) >= 11 is 0. The number of aromatic amines is 1. The Morgan fingerprint density at radius 1 is 1.48 bits per heavy atom. The lowest BCUT2D eigenvalue weighted by atomic mass is 10.2. The fraction of sp³-hybridized carbons (Fsp3) is 0.375. The van der Waals surface area contributed by atoms with E-state index in [0.29, 0.717) is 23.4 Å².